The van der Waals surface area contributed by atoms with Crippen LogP contribution in [0.5, 0.6) is 0 Å². The molecule has 0 N–H and O–H groups in total. The van der Waals surface area contributed by atoms with Crippen molar-refractivity contribution in [2.75, 3.05) is 4.90 Å². The molecule has 11 aromatic carbocycles. The van der Waals surface area contributed by atoms with Crippen LogP contribution in [-0.2, 0) is 5.41 Å². The third-order valence-corrected chi connectivity index (χ3v) is 15.2. The molecule has 0 saturated carbocycles. The molecule has 12 aromatic rings. The summed E-state index contributed by atoms with van der Waals surface area (Å²) in [5.41, 5.74) is 17.7. The van der Waals surface area contributed by atoms with E-state index >= 15 is 0 Å². The molecule has 1 heterocycles. The topological polar surface area (TPSA) is 3.24 Å². The lowest BCUT2D eigenvalue weighted by Gasteiger charge is -2.34. The summed E-state index contributed by atoms with van der Waals surface area (Å²) in [7, 11) is 0. The van der Waals surface area contributed by atoms with Gasteiger partial charge >= 0.3 is 0 Å². The number of anilines is 3. The molecule has 0 bridgehead atoms. The first-order valence-electron chi connectivity index (χ1n) is 23.1. The van der Waals surface area contributed by atoms with Gasteiger partial charge in [0, 0.05) is 37.1 Å². The number of fused-ring (bicyclic) bond motifs is 7. The Hall–Kier alpha value is -8.30. The van der Waals surface area contributed by atoms with Crippen LogP contribution in [0.25, 0.3) is 75.5 Å². The predicted molar refractivity (Wildman–Crippen MR) is 285 cm³/mol. The molecule has 0 radical (unpaired) electrons. The largest absolute Gasteiger partial charge is 0.310 e. The third kappa shape index (κ3) is 6.29. The van der Waals surface area contributed by atoms with E-state index in [-0.39, 0.29) is 0 Å². The van der Waals surface area contributed by atoms with Crippen molar-refractivity contribution in [2.24, 2.45) is 0 Å². The molecule has 1 nitrogen and oxygen atoms in total. The summed E-state index contributed by atoms with van der Waals surface area (Å²) in [5, 5.41) is 5.14. The molecule has 0 unspecified atom stereocenters. The number of nitrogens with zero attached hydrogens (tertiary/aromatic N) is 1. The van der Waals surface area contributed by atoms with Crippen LogP contribution in [-0.4, -0.2) is 0 Å². The quantitative estimate of drug-likeness (QED) is 0.147. The van der Waals surface area contributed by atoms with Crippen LogP contribution in [0.1, 0.15) is 22.3 Å². The van der Waals surface area contributed by atoms with Crippen LogP contribution < -0.4 is 4.90 Å². The molecule has 0 saturated heterocycles. The zero-order valence-corrected chi connectivity index (χ0v) is 37.5. The Bertz CT molecular complexity index is 3750. The van der Waals surface area contributed by atoms with Gasteiger partial charge in [-0.2, -0.15) is 0 Å². The minimum absolute atomic E-state index is 0.512. The van der Waals surface area contributed by atoms with E-state index in [2.05, 4.69) is 266 Å². The standard InChI is InChI=1S/C65H43NS/c1-3-21-49(22-4-1)65(50-23-5-2-6-24-50)59-31-11-9-27-58(59)63-60(65)32-16-33-61(63)66(52-41-37-46(38-42-52)55-29-15-30-57-56-26-10-12-34-62(56)67-64(55)57)51-39-35-44(36-40-51)47-19-13-20-48(43-47)54-28-14-18-45-17-7-8-25-53(45)54/h1-43H. The molecule has 314 valence electrons. The van der Waals surface area contributed by atoms with Crippen molar-refractivity contribution in [1.29, 1.82) is 0 Å². The summed E-state index contributed by atoms with van der Waals surface area (Å²) in [6, 6.07) is 96.3. The van der Waals surface area contributed by atoms with Gasteiger partial charge in [0.2, 0.25) is 0 Å². The highest BCUT2D eigenvalue weighted by atomic mass is 32.1. The first-order valence-corrected chi connectivity index (χ1v) is 23.9. The molecule has 1 aliphatic rings. The van der Waals surface area contributed by atoms with E-state index in [1.54, 1.807) is 0 Å². The molecule has 0 spiro atoms. The maximum atomic E-state index is 2.47. The Kier molecular flexibility index (Phi) is 9.33. The fourth-order valence-electron chi connectivity index (χ4n) is 11.0. The second-order valence-electron chi connectivity index (χ2n) is 17.5. The van der Waals surface area contributed by atoms with E-state index in [9.17, 15) is 0 Å². The van der Waals surface area contributed by atoms with Gasteiger partial charge in [-0.25, -0.2) is 0 Å². The number of thiophene rings is 1. The minimum atomic E-state index is -0.512. The summed E-state index contributed by atoms with van der Waals surface area (Å²) in [6.45, 7) is 0. The summed E-state index contributed by atoms with van der Waals surface area (Å²) in [5.74, 6) is 0. The molecule has 0 aliphatic heterocycles. The number of hydrogen-bond donors (Lipinski definition) is 0. The Morgan fingerprint density at radius 2 is 0.866 bits per heavy atom. The van der Waals surface area contributed by atoms with Gasteiger partial charge < -0.3 is 4.90 Å². The number of benzene rings is 11. The zero-order valence-electron chi connectivity index (χ0n) is 36.7. The summed E-state index contributed by atoms with van der Waals surface area (Å²) in [6.07, 6.45) is 0. The Labute approximate surface area is 395 Å². The lowest BCUT2D eigenvalue weighted by atomic mass is 9.68. The summed E-state index contributed by atoms with van der Waals surface area (Å²) in [4.78, 5) is 2.47. The molecule has 2 heteroatoms. The van der Waals surface area contributed by atoms with E-state index < -0.39 is 5.41 Å². The molecular formula is C65H43NS. The molecule has 1 aliphatic carbocycles. The second-order valence-corrected chi connectivity index (χ2v) is 18.6. The van der Waals surface area contributed by atoms with Crippen LogP contribution in [0.3, 0.4) is 0 Å². The SMILES string of the molecule is c1ccc(C2(c3ccccc3)c3ccccc3-c3c(N(c4ccc(-c5cccc(-c6cccc7ccccc67)c5)cc4)c4ccc(-c5cccc6c5sc5ccccc56)cc4)cccc32)cc1. The van der Waals surface area contributed by atoms with Crippen molar-refractivity contribution < 1.29 is 0 Å². The lowest BCUT2D eigenvalue weighted by Crippen LogP contribution is -2.28. The molecule has 1 aromatic heterocycles. The molecular weight excluding hydrogens is 827 g/mol. The highest BCUT2D eigenvalue weighted by molar-refractivity contribution is 7.26. The predicted octanol–water partition coefficient (Wildman–Crippen LogP) is 18.0. The molecule has 0 fully saturated rings. The molecule has 0 amide bonds. The van der Waals surface area contributed by atoms with Crippen LogP contribution in [0.2, 0.25) is 0 Å². The maximum absolute atomic E-state index is 2.47. The normalized spacial score (nSPS) is 12.6. The molecule has 13 rings (SSSR count). The van der Waals surface area contributed by atoms with Crippen molar-refractivity contribution in [2.45, 2.75) is 5.41 Å². The van der Waals surface area contributed by atoms with Gasteiger partial charge in [0.25, 0.3) is 0 Å². The van der Waals surface area contributed by atoms with Crippen LogP contribution in [0.15, 0.2) is 261 Å². The molecule has 67 heavy (non-hydrogen) atoms. The highest BCUT2D eigenvalue weighted by Crippen LogP contribution is 2.59. The van der Waals surface area contributed by atoms with Gasteiger partial charge in [-0.05, 0) is 114 Å². The van der Waals surface area contributed by atoms with Gasteiger partial charge in [-0.1, -0.05) is 218 Å². The Morgan fingerprint density at radius 1 is 0.328 bits per heavy atom. The van der Waals surface area contributed by atoms with Gasteiger partial charge in [0.05, 0.1) is 11.1 Å². The monoisotopic (exact) mass is 869 g/mol. The number of hydrogen-bond acceptors (Lipinski definition) is 2. The Balaban J connectivity index is 0.987. The van der Waals surface area contributed by atoms with Gasteiger partial charge in [0.1, 0.15) is 0 Å². The lowest BCUT2D eigenvalue weighted by molar-refractivity contribution is 0.768. The van der Waals surface area contributed by atoms with Crippen LogP contribution in [0.4, 0.5) is 17.1 Å². The summed E-state index contributed by atoms with van der Waals surface area (Å²) < 4.78 is 2.64. The van der Waals surface area contributed by atoms with Crippen molar-refractivity contribution >= 4 is 59.3 Å². The molecule has 0 atom stereocenters. The summed E-state index contributed by atoms with van der Waals surface area (Å²) >= 11 is 1.88. The maximum Gasteiger partial charge on any atom is 0.0714 e. The van der Waals surface area contributed by atoms with E-state index in [0.717, 1.165) is 17.1 Å². The fraction of sp³-hybridized carbons (Fsp3) is 0.0154. The first-order chi connectivity index (χ1) is 33.2. The van der Waals surface area contributed by atoms with E-state index in [1.807, 2.05) is 11.3 Å². The average molecular weight is 870 g/mol. The fourth-order valence-corrected chi connectivity index (χ4v) is 12.2. The smallest absolute Gasteiger partial charge is 0.0714 e. The number of rotatable bonds is 8. The van der Waals surface area contributed by atoms with Crippen molar-refractivity contribution in [3.63, 3.8) is 0 Å². The zero-order chi connectivity index (χ0) is 44.3. The second kappa shape index (κ2) is 16.0. The van der Waals surface area contributed by atoms with E-state index in [0.29, 0.717) is 0 Å². The van der Waals surface area contributed by atoms with Gasteiger partial charge in [-0.3, -0.25) is 0 Å². The first kappa shape index (κ1) is 39.1. The van der Waals surface area contributed by atoms with Crippen molar-refractivity contribution in [3.8, 4) is 44.5 Å². The minimum Gasteiger partial charge on any atom is -0.310 e. The highest BCUT2D eigenvalue weighted by Gasteiger charge is 2.47. The Morgan fingerprint density at radius 3 is 1.64 bits per heavy atom. The van der Waals surface area contributed by atoms with E-state index in [4.69, 9.17) is 0 Å². The van der Waals surface area contributed by atoms with Gasteiger partial charge in [-0.15, -0.1) is 11.3 Å². The third-order valence-electron chi connectivity index (χ3n) is 14.0. The van der Waals surface area contributed by atoms with Crippen LogP contribution in [0, 0.1) is 0 Å². The van der Waals surface area contributed by atoms with Gasteiger partial charge in [0.15, 0.2) is 0 Å². The van der Waals surface area contributed by atoms with Crippen molar-refractivity contribution in [1.82, 2.24) is 0 Å². The van der Waals surface area contributed by atoms with Crippen molar-refractivity contribution in [3.05, 3.63) is 283 Å². The average Bonchev–Trinajstić information content (AvgIpc) is 3.94. The van der Waals surface area contributed by atoms with E-state index in [1.165, 1.54) is 97.7 Å². The van der Waals surface area contributed by atoms with Crippen LogP contribution >= 0.6 is 11.3 Å².